The molecule has 0 aliphatic heterocycles. The zero-order chi connectivity index (χ0) is 13.7. The second-order valence-corrected chi connectivity index (χ2v) is 4.26. The number of aromatic carboxylic acids is 1. The van der Waals surface area contributed by atoms with E-state index in [0.717, 1.165) is 0 Å². The van der Waals surface area contributed by atoms with Gasteiger partial charge >= 0.3 is 5.97 Å². The maximum atomic E-state index is 11.4. The van der Waals surface area contributed by atoms with Crippen LogP contribution < -0.4 is 10.6 Å². The third-order valence-electron chi connectivity index (χ3n) is 2.32. The molecular weight excluding hydrogens is 236 g/mol. The van der Waals surface area contributed by atoms with Gasteiger partial charge in [-0.15, -0.1) is 0 Å². The van der Waals surface area contributed by atoms with Gasteiger partial charge < -0.3 is 15.7 Å². The zero-order valence-corrected chi connectivity index (χ0v) is 10.7. The van der Waals surface area contributed by atoms with E-state index >= 15 is 0 Å². The summed E-state index contributed by atoms with van der Waals surface area (Å²) in [4.78, 5) is 22.3. The summed E-state index contributed by atoms with van der Waals surface area (Å²) < 4.78 is 1.48. The summed E-state index contributed by atoms with van der Waals surface area (Å²) in [5.41, 5.74) is 0.689. The topological polar surface area (TPSA) is 96.2 Å². The molecule has 7 heteroatoms. The maximum Gasteiger partial charge on any atom is 0.339 e. The Kier molecular flexibility index (Phi) is 4.85. The number of hydrogen-bond acceptors (Lipinski definition) is 4. The molecule has 1 rings (SSSR count). The highest BCUT2D eigenvalue weighted by atomic mass is 16.4. The van der Waals surface area contributed by atoms with Crippen molar-refractivity contribution < 1.29 is 14.7 Å². The highest BCUT2D eigenvalue weighted by molar-refractivity contribution is 5.88. The summed E-state index contributed by atoms with van der Waals surface area (Å²) >= 11 is 0. The maximum absolute atomic E-state index is 11.4. The molecule has 1 amide bonds. The van der Waals surface area contributed by atoms with Gasteiger partial charge in [0, 0.05) is 19.6 Å². The van der Waals surface area contributed by atoms with Gasteiger partial charge in [-0.05, 0) is 13.8 Å². The van der Waals surface area contributed by atoms with Crippen LogP contribution in [0.1, 0.15) is 29.9 Å². The van der Waals surface area contributed by atoms with Gasteiger partial charge in [-0.3, -0.25) is 9.48 Å². The molecule has 0 unspecified atom stereocenters. The molecule has 1 heterocycles. The minimum absolute atomic E-state index is 0.0885. The molecule has 0 aliphatic rings. The Morgan fingerprint density at radius 1 is 1.50 bits per heavy atom. The summed E-state index contributed by atoms with van der Waals surface area (Å²) in [6, 6.07) is 0.0885. The number of amides is 1. The molecule has 0 atom stereocenters. The summed E-state index contributed by atoms with van der Waals surface area (Å²) in [6.45, 7) is 4.18. The lowest BCUT2D eigenvalue weighted by Gasteiger charge is -2.09. The van der Waals surface area contributed by atoms with E-state index < -0.39 is 5.97 Å². The van der Waals surface area contributed by atoms with Crippen LogP contribution in [-0.4, -0.2) is 39.4 Å². The van der Waals surface area contributed by atoms with Crippen LogP contribution in [0.4, 0.5) is 0 Å². The Hall–Kier alpha value is -1.89. The Morgan fingerprint density at radius 2 is 2.17 bits per heavy atom. The molecule has 0 bridgehead atoms. The molecule has 0 radical (unpaired) electrons. The molecule has 18 heavy (non-hydrogen) atoms. The van der Waals surface area contributed by atoms with Gasteiger partial charge in [0.25, 0.3) is 0 Å². The Bertz CT molecular complexity index is 439. The van der Waals surface area contributed by atoms with E-state index in [0.29, 0.717) is 5.69 Å². The van der Waals surface area contributed by atoms with Crippen molar-refractivity contribution in [1.29, 1.82) is 0 Å². The third-order valence-corrected chi connectivity index (χ3v) is 2.32. The number of nitrogens with one attached hydrogen (secondary N) is 2. The standard InChI is InChI=1S/C11H18N4O3/c1-7(2)14-10(16)6-12-5-9-8(11(17)18)4-13-15(9)3/h4,7,12H,5-6H2,1-3H3,(H,14,16)(H,17,18). The van der Waals surface area contributed by atoms with E-state index in [2.05, 4.69) is 15.7 Å². The normalized spacial score (nSPS) is 10.7. The third kappa shape index (κ3) is 3.85. The second-order valence-electron chi connectivity index (χ2n) is 4.26. The van der Waals surface area contributed by atoms with Gasteiger partial charge in [-0.2, -0.15) is 5.10 Å². The van der Waals surface area contributed by atoms with Crippen molar-refractivity contribution >= 4 is 11.9 Å². The predicted molar refractivity (Wildman–Crippen MR) is 65.2 cm³/mol. The van der Waals surface area contributed by atoms with Crippen molar-refractivity contribution in [3.8, 4) is 0 Å². The molecule has 100 valence electrons. The summed E-state index contributed by atoms with van der Waals surface area (Å²) in [5.74, 6) is -1.14. The van der Waals surface area contributed by atoms with Crippen LogP contribution in [0.5, 0.6) is 0 Å². The largest absolute Gasteiger partial charge is 0.478 e. The van der Waals surface area contributed by atoms with Gasteiger partial charge in [0.2, 0.25) is 5.91 Å². The number of carbonyl (C=O) groups excluding carboxylic acids is 1. The molecule has 1 aromatic rings. The highest BCUT2D eigenvalue weighted by Gasteiger charge is 2.14. The van der Waals surface area contributed by atoms with E-state index in [-0.39, 0.29) is 30.6 Å². The van der Waals surface area contributed by atoms with Crippen molar-refractivity contribution in [2.24, 2.45) is 7.05 Å². The summed E-state index contributed by atoms with van der Waals surface area (Å²) in [5, 5.41) is 18.5. The quantitative estimate of drug-likeness (QED) is 0.649. The number of rotatable bonds is 6. The molecule has 0 saturated carbocycles. The number of aromatic nitrogens is 2. The molecule has 0 aromatic carbocycles. The first-order valence-electron chi connectivity index (χ1n) is 5.66. The number of aryl methyl sites for hydroxylation is 1. The molecule has 0 spiro atoms. The van der Waals surface area contributed by atoms with E-state index in [4.69, 9.17) is 5.11 Å². The fourth-order valence-corrected chi connectivity index (χ4v) is 1.52. The predicted octanol–water partition coefficient (Wildman–Crippen LogP) is -0.267. The van der Waals surface area contributed by atoms with Gasteiger partial charge in [0.1, 0.15) is 5.56 Å². The SMILES string of the molecule is CC(C)NC(=O)CNCc1c(C(=O)O)cnn1C. The average Bonchev–Trinajstić information content (AvgIpc) is 2.59. The van der Waals surface area contributed by atoms with Crippen LogP contribution in [0.3, 0.4) is 0 Å². The molecule has 0 fully saturated rings. The van der Waals surface area contributed by atoms with Gasteiger partial charge in [-0.25, -0.2) is 4.79 Å². The van der Waals surface area contributed by atoms with Crippen LogP contribution in [0, 0.1) is 0 Å². The smallest absolute Gasteiger partial charge is 0.339 e. The van der Waals surface area contributed by atoms with Crippen LogP contribution >= 0.6 is 0 Å². The van der Waals surface area contributed by atoms with Crippen molar-refractivity contribution in [3.05, 3.63) is 17.5 Å². The molecular formula is C11H18N4O3. The van der Waals surface area contributed by atoms with E-state index in [1.807, 2.05) is 13.8 Å². The second kappa shape index (κ2) is 6.15. The lowest BCUT2D eigenvalue weighted by molar-refractivity contribution is -0.120. The fourth-order valence-electron chi connectivity index (χ4n) is 1.52. The van der Waals surface area contributed by atoms with Crippen LogP contribution in [0.25, 0.3) is 0 Å². The fraction of sp³-hybridized carbons (Fsp3) is 0.545. The lowest BCUT2D eigenvalue weighted by Crippen LogP contribution is -2.37. The van der Waals surface area contributed by atoms with Crippen LogP contribution in [-0.2, 0) is 18.4 Å². The van der Waals surface area contributed by atoms with Gasteiger partial charge in [0.05, 0.1) is 18.4 Å². The molecule has 7 nitrogen and oxygen atoms in total. The summed E-state index contributed by atoms with van der Waals surface area (Å²) in [6.07, 6.45) is 1.30. The minimum Gasteiger partial charge on any atom is -0.478 e. The Morgan fingerprint density at radius 3 is 2.72 bits per heavy atom. The van der Waals surface area contributed by atoms with Crippen LogP contribution in [0.15, 0.2) is 6.20 Å². The summed E-state index contributed by atoms with van der Waals surface area (Å²) in [7, 11) is 1.66. The van der Waals surface area contributed by atoms with Crippen molar-refractivity contribution in [2.75, 3.05) is 6.54 Å². The highest BCUT2D eigenvalue weighted by Crippen LogP contribution is 2.06. The van der Waals surface area contributed by atoms with Crippen molar-refractivity contribution in [1.82, 2.24) is 20.4 Å². The van der Waals surface area contributed by atoms with E-state index in [9.17, 15) is 9.59 Å². The minimum atomic E-state index is -1.02. The first-order chi connectivity index (χ1) is 8.41. The zero-order valence-electron chi connectivity index (χ0n) is 10.7. The Balaban J connectivity index is 2.51. The number of hydrogen-bond donors (Lipinski definition) is 3. The first kappa shape index (κ1) is 14.2. The first-order valence-corrected chi connectivity index (χ1v) is 5.66. The van der Waals surface area contributed by atoms with E-state index in [1.165, 1.54) is 10.9 Å². The monoisotopic (exact) mass is 254 g/mol. The molecule has 1 aromatic heterocycles. The van der Waals surface area contributed by atoms with Crippen molar-refractivity contribution in [2.45, 2.75) is 26.4 Å². The Labute approximate surface area is 105 Å². The number of nitrogens with zero attached hydrogens (tertiary/aromatic N) is 2. The lowest BCUT2D eigenvalue weighted by atomic mass is 10.2. The average molecular weight is 254 g/mol. The van der Waals surface area contributed by atoms with Gasteiger partial charge in [-0.1, -0.05) is 0 Å². The van der Waals surface area contributed by atoms with Crippen LogP contribution in [0.2, 0.25) is 0 Å². The van der Waals surface area contributed by atoms with Gasteiger partial charge in [0.15, 0.2) is 0 Å². The molecule has 3 N–H and O–H groups in total. The van der Waals surface area contributed by atoms with E-state index in [1.54, 1.807) is 7.05 Å². The number of carboxylic acids is 1. The van der Waals surface area contributed by atoms with Crippen molar-refractivity contribution in [3.63, 3.8) is 0 Å². The number of carbonyl (C=O) groups is 2. The molecule has 0 aliphatic carbocycles. The number of carboxylic acid groups (broad SMARTS) is 1. The molecule has 0 saturated heterocycles.